The number of esters is 1. The molecule has 0 unspecified atom stereocenters. The first kappa shape index (κ1) is 13.9. The molecular formula is C10H15ClN2O2. The number of nitrogens with two attached hydrogens (primary N) is 1. The van der Waals surface area contributed by atoms with E-state index in [1.54, 1.807) is 0 Å². The van der Waals surface area contributed by atoms with E-state index in [0.717, 1.165) is 5.56 Å². The Morgan fingerprint density at radius 1 is 1.47 bits per heavy atom. The van der Waals surface area contributed by atoms with E-state index >= 15 is 0 Å². The first-order chi connectivity index (χ1) is 6.77. The molecule has 3 N–H and O–H groups in total. The highest BCUT2D eigenvalue weighted by molar-refractivity contribution is 5.85. The smallest absolute Gasteiger partial charge is 0.324 e. The minimum Gasteiger partial charge on any atom is -0.468 e. The van der Waals surface area contributed by atoms with Gasteiger partial charge in [-0.1, -0.05) is 30.3 Å². The van der Waals surface area contributed by atoms with E-state index in [2.05, 4.69) is 10.2 Å². The summed E-state index contributed by atoms with van der Waals surface area (Å²) in [5.41, 5.74) is 3.47. The zero-order valence-electron chi connectivity index (χ0n) is 8.47. The first-order valence-electron chi connectivity index (χ1n) is 4.36. The number of halogens is 1. The van der Waals surface area contributed by atoms with Gasteiger partial charge in [-0.2, -0.15) is 0 Å². The van der Waals surface area contributed by atoms with Gasteiger partial charge in [0.15, 0.2) is 0 Å². The van der Waals surface area contributed by atoms with E-state index in [1.807, 2.05) is 30.3 Å². The van der Waals surface area contributed by atoms with Crippen LogP contribution in [-0.4, -0.2) is 19.1 Å². The summed E-state index contributed by atoms with van der Waals surface area (Å²) in [7, 11) is 1.34. The second-order valence-corrected chi connectivity index (χ2v) is 2.93. The fraction of sp³-hybridized carbons (Fsp3) is 0.300. The van der Waals surface area contributed by atoms with Crippen LogP contribution in [0.1, 0.15) is 5.56 Å². The number of methoxy groups -OCH3 is 1. The molecule has 0 fully saturated rings. The predicted molar refractivity (Wildman–Crippen MR) is 60.5 cm³/mol. The van der Waals surface area contributed by atoms with Crippen molar-refractivity contribution in [3.63, 3.8) is 0 Å². The highest BCUT2D eigenvalue weighted by atomic mass is 35.5. The largest absolute Gasteiger partial charge is 0.468 e. The van der Waals surface area contributed by atoms with Crippen molar-refractivity contribution in [1.29, 1.82) is 0 Å². The predicted octanol–water partition coefficient (Wildman–Crippen LogP) is 0.656. The minimum absolute atomic E-state index is 0. The molecule has 4 nitrogen and oxygen atoms in total. The number of nitrogens with one attached hydrogen (secondary N) is 1. The zero-order chi connectivity index (χ0) is 10.4. The van der Waals surface area contributed by atoms with Crippen LogP contribution in [0.4, 0.5) is 0 Å². The Kier molecular flexibility index (Phi) is 6.70. The lowest BCUT2D eigenvalue weighted by atomic mass is 10.1. The summed E-state index contributed by atoms with van der Waals surface area (Å²) in [4.78, 5) is 11.2. The molecule has 0 spiro atoms. The first-order valence-corrected chi connectivity index (χ1v) is 4.36. The second kappa shape index (κ2) is 7.23. The molecule has 1 rings (SSSR count). The maximum atomic E-state index is 11.2. The van der Waals surface area contributed by atoms with Crippen LogP contribution in [0.3, 0.4) is 0 Å². The van der Waals surface area contributed by atoms with E-state index in [9.17, 15) is 4.79 Å². The molecule has 0 aromatic heterocycles. The normalized spacial score (nSPS) is 11.3. The van der Waals surface area contributed by atoms with Crippen LogP contribution in [0, 0.1) is 0 Å². The Morgan fingerprint density at radius 3 is 2.53 bits per heavy atom. The number of hydrazine groups is 1. The average Bonchev–Trinajstić information content (AvgIpc) is 2.26. The van der Waals surface area contributed by atoms with E-state index in [1.165, 1.54) is 7.11 Å². The van der Waals surface area contributed by atoms with Crippen LogP contribution in [0.15, 0.2) is 30.3 Å². The summed E-state index contributed by atoms with van der Waals surface area (Å²) < 4.78 is 4.59. The molecular weight excluding hydrogens is 216 g/mol. The Morgan fingerprint density at radius 2 is 2.07 bits per heavy atom. The van der Waals surface area contributed by atoms with Crippen LogP contribution in [-0.2, 0) is 16.0 Å². The van der Waals surface area contributed by atoms with Gasteiger partial charge in [0.1, 0.15) is 6.04 Å². The number of carbonyl (C=O) groups is 1. The fourth-order valence-corrected chi connectivity index (χ4v) is 1.20. The summed E-state index contributed by atoms with van der Waals surface area (Å²) >= 11 is 0. The summed E-state index contributed by atoms with van der Waals surface area (Å²) in [5.74, 6) is 4.90. The van der Waals surface area contributed by atoms with Gasteiger partial charge in [0.2, 0.25) is 0 Å². The van der Waals surface area contributed by atoms with Gasteiger partial charge in [0.25, 0.3) is 0 Å². The third kappa shape index (κ3) is 4.29. The molecule has 0 radical (unpaired) electrons. The van der Waals surface area contributed by atoms with Crippen molar-refractivity contribution in [2.45, 2.75) is 12.5 Å². The molecule has 1 atom stereocenters. The van der Waals surface area contributed by atoms with Crippen LogP contribution in [0.5, 0.6) is 0 Å². The molecule has 0 saturated heterocycles. The van der Waals surface area contributed by atoms with E-state index < -0.39 is 6.04 Å². The molecule has 0 amide bonds. The summed E-state index contributed by atoms with van der Waals surface area (Å²) in [5, 5.41) is 0. The second-order valence-electron chi connectivity index (χ2n) is 2.93. The number of ether oxygens (including phenoxy) is 1. The molecule has 0 saturated carbocycles. The summed E-state index contributed by atoms with van der Waals surface area (Å²) in [6.07, 6.45) is 0.532. The van der Waals surface area contributed by atoms with Gasteiger partial charge in [0.05, 0.1) is 7.11 Å². The topological polar surface area (TPSA) is 64.3 Å². The lowest BCUT2D eigenvalue weighted by Gasteiger charge is -2.12. The van der Waals surface area contributed by atoms with Crippen molar-refractivity contribution >= 4 is 18.4 Å². The molecule has 0 aliphatic heterocycles. The van der Waals surface area contributed by atoms with E-state index in [4.69, 9.17) is 5.84 Å². The minimum atomic E-state index is -0.484. The van der Waals surface area contributed by atoms with Gasteiger partial charge in [0, 0.05) is 0 Å². The third-order valence-electron chi connectivity index (χ3n) is 1.97. The third-order valence-corrected chi connectivity index (χ3v) is 1.97. The van der Waals surface area contributed by atoms with Crippen LogP contribution < -0.4 is 11.3 Å². The fourth-order valence-electron chi connectivity index (χ4n) is 1.20. The van der Waals surface area contributed by atoms with Crippen molar-refractivity contribution in [1.82, 2.24) is 5.43 Å². The zero-order valence-corrected chi connectivity index (χ0v) is 9.29. The molecule has 1 aromatic carbocycles. The highest BCUT2D eigenvalue weighted by Crippen LogP contribution is 2.03. The average molecular weight is 231 g/mol. The maximum Gasteiger partial charge on any atom is 0.324 e. The number of benzene rings is 1. The molecule has 1 aromatic rings. The van der Waals surface area contributed by atoms with Crippen LogP contribution >= 0.6 is 12.4 Å². The maximum absolute atomic E-state index is 11.2. The van der Waals surface area contributed by atoms with E-state index in [0.29, 0.717) is 6.42 Å². The molecule has 15 heavy (non-hydrogen) atoms. The van der Waals surface area contributed by atoms with Crippen molar-refractivity contribution in [2.75, 3.05) is 7.11 Å². The van der Waals surface area contributed by atoms with Crippen molar-refractivity contribution in [2.24, 2.45) is 5.84 Å². The Hall–Kier alpha value is -1.10. The van der Waals surface area contributed by atoms with Crippen molar-refractivity contribution < 1.29 is 9.53 Å². The van der Waals surface area contributed by atoms with Crippen molar-refractivity contribution in [3.8, 4) is 0 Å². The molecule has 0 aliphatic carbocycles. The molecule has 0 bridgehead atoms. The Balaban J connectivity index is 0.00000196. The number of carbonyl (C=O) groups excluding carboxylic acids is 1. The quantitative estimate of drug-likeness (QED) is 0.453. The van der Waals surface area contributed by atoms with Gasteiger partial charge < -0.3 is 4.74 Å². The summed E-state index contributed by atoms with van der Waals surface area (Å²) in [6.45, 7) is 0. The highest BCUT2D eigenvalue weighted by Gasteiger charge is 2.17. The number of hydrogen-bond acceptors (Lipinski definition) is 4. The molecule has 5 heteroatoms. The molecule has 0 aliphatic rings. The monoisotopic (exact) mass is 230 g/mol. The summed E-state index contributed by atoms with van der Waals surface area (Å²) in [6, 6.07) is 9.15. The van der Waals surface area contributed by atoms with Gasteiger partial charge in [-0.15, -0.1) is 12.4 Å². The number of hydrogen-bond donors (Lipinski definition) is 2. The standard InChI is InChI=1S/C10H14N2O2.ClH/c1-14-10(13)9(12-11)7-8-5-3-2-4-6-8;/h2-6,9,12H,7,11H2,1H3;1H/t9-;/m1./s1. The lowest BCUT2D eigenvalue weighted by Crippen LogP contribution is -2.43. The van der Waals surface area contributed by atoms with Crippen LogP contribution in [0.2, 0.25) is 0 Å². The van der Waals surface area contributed by atoms with Crippen molar-refractivity contribution in [3.05, 3.63) is 35.9 Å². The van der Waals surface area contributed by atoms with E-state index in [-0.39, 0.29) is 18.4 Å². The SMILES string of the molecule is COC(=O)[C@@H](Cc1ccccc1)NN.Cl. The molecule has 84 valence electrons. The lowest BCUT2D eigenvalue weighted by molar-refractivity contribution is -0.143. The van der Waals surface area contributed by atoms with Gasteiger partial charge in [-0.05, 0) is 12.0 Å². The molecule has 0 heterocycles. The Labute approximate surface area is 95.2 Å². The van der Waals surface area contributed by atoms with Gasteiger partial charge in [-0.3, -0.25) is 10.6 Å². The Bertz CT molecular complexity index is 293. The number of rotatable bonds is 4. The van der Waals surface area contributed by atoms with Crippen LogP contribution in [0.25, 0.3) is 0 Å². The van der Waals surface area contributed by atoms with Gasteiger partial charge >= 0.3 is 5.97 Å². The van der Waals surface area contributed by atoms with Gasteiger partial charge in [-0.25, -0.2) is 5.43 Å².